The SMILES string of the molecule is OC1CCCn2ncc(Br)c21. The van der Waals surface area contributed by atoms with Gasteiger partial charge in [-0.05, 0) is 28.8 Å². The zero-order chi connectivity index (χ0) is 7.84. The number of nitrogens with zero attached hydrogens (tertiary/aromatic N) is 2. The van der Waals surface area contributed by atoms with Crippen molar-refractivity contribution in [3.05, 3.63) is 16.4 Å². The van der Waals surface area contributed by atoms with E-state index in [-0.39, 0.29) is 6.10 Å². The molecule has 0 saturated heterocycles. The van der Waals surface area contributed by atoms with Gasteiger partial charge in [-0.15, -0.1) is 0 Å². The van der Waals surface area contributed by atoms with E-state index in [0.717, 1.165) is 29.6 Å². The minimum atomic E-state index is -0.333. The van der Waals surface area contributed by atoms with Gasteiger partial charge in [-0.3, -0.25) is 4.68 Å². The number of aliphatic hydroxyl groups is 1. The number of fused-ring (bicyclic) bond motifs is 1. The molecule has 0 aliphatic carbocycles. The van der Waals surface area contributed by atoms with E-state index in [2.05, 4.69) is 21.0 Å². The van der Waals surface area contributed by atoms with E-state index in [1.165, 1.54) is 0 Å². The summed E-state index contributed by atoms with van der Waals surface area (Å²) >= 11 is 3.35. The summed E-state index contributed by atoms with van der Waals surface area (Å²) in [4.78, 5) is 0. The van der Waals surface area contributed by atoms with Gasteiger partial charge in [-0.2, -0.15) is 5.10 Å². The highest BCUT2D eigenvalue weighted by atomic mass is 79.9. The molecule has 0 saturated carbocycles. The van der Waals surface area contributed by atoms with Crippen molar-refractivity contribution >= 4 is 15.9 Å². The number of rotatable bonds is 0. The molecule has 1 unspecified atom stereocenters. The normalized spacial score (nSPS) is 23.3. The molecule has 1 aromatic rings. The van der Waals surface area contributed by atoms with E-state index in [9.17, 15) is 5.11 Å². The maximum absolute atomic E-state index is 9.54. The summed E-state index contributed by atoms with van der Waals surface area (Å²) in [5.74, 6) is 0. The highest BCUT2D eigenvalue weighted by Gasteiger charge is 2.21. The molecule has 0 radical (unpaired) electrons. The fourth-order valence-corrected chi connectivity index (χ4v) is 2.01. The third kappa shape index (κ3) is 1.10. The summed E-state index contributed by atoms with van der Waals surface area (Å²) in [7, 11) is 0. The van der Waals surface area contributed by atoms with Crippen molar-refractivity contribution in [2.45, 2.75) is 25.5 Å². The standard InChI is InChI=1S/C7H9BrN2O/c8-5-4-9-10-3-1-2-6(11)7(5)10/h4,6,11H,1-3H2. The number of aromatic nitrogens is 2. The third-order valence-corrected chi connectivity index (χ3v) is 2.61. The predicted molar refractivity (Wildman–Crippen MR) is 44.1 cm³/mol. The highest BCUT2D eigenvalue weighted by molar-refractivity contribution is 9.10. The van der Waals surface area contributed by atoms with Crippen molar-refractivity contribution in [2.24, 2.45) is 0 Å². The van der Waals surface area contributed by atoms with E-state index >= 15 is 0 Å². The maximum atomic E-state index is 9.54. The van der Waals surface area contributed by atoms with Crippen LogP contribution in [0, 0.1) is 0 Å². The van der Waals surface area contributed by atoms with E-state index in [1.54, 1.807) is 6.20 Å². The summed E-state index contributed by atoms with van der Waals surface area (Å²) in [6.07, 6.45) is 3.27. The van der Waals surface area contributed by atoms with Gasteiger partial charge in [-0.1, -0.05) is 0 Å². The zero-order valence-electron chi connectivity index (χ0n) is 6.00. The molecule has 0 amide bonds. The smallest absolute Gasteiger partial charge is 0.0968 e. The first-order valence-corrected chi connectivity index (χ1v) is 4.47. The lowest BCUT2D eigenvalue weighted by Gasteiger charge is -2.19. The number of aryl methyl sites for hydroxylation is 1. The van der Waals surface area contributed by atoms with Crippen LogP contribution in [-0.4, -0.2) is 14.9 Å². The topological polar surface area (TPSA) is 38.0 Å². The van der Waals surface area contributed by atoms with Crippen LogP contribution in [-0.2, 0) is 6.54 Å². The van der Waals surface area contributed by atoms with Gasteiger partial charge in [0.2, 0.25) is 0 Å². The van der Waals surface area contributed by atoms with Gasteiger partial charge < -0.3 is 5.11 Å². The molecule has 3 nitrogen and oxygen atoms in total. The lowest BCUT2D eigenvalue weighted by molar-refractivity contribution is 0.134. The van der Waals surface area contributed by atoms with Crippen molar-refractivity contribution < 1.29 is 5.11 Å². The molecule has 1 atom stereocenters. The molecule has 2 rings (SSSR count). The Morgan fingerprint density at radius 2 is 2.55 bits per heavy atom. The number of aliphatic hydroxyl groups excluding tert-OH is 1. The predicted octanol–water partition coefficient (Wildman–Crippen LogP) is 1.47. The third-order valence-electron chi connectivity index (χ3n) is 2.00. The quantitative estimate of drug-likeness (QED) is 0.714. The van der Waals surface area contributed by atoms with Crippen LogP contribution < -0.4 is 0 Å². The van der Waals surface area contributed by atoms with Gasteiger partial charge in [0.25, 0.3) is 0 Å². The maximum Gasteiger partial charge on any atom is 0.0968 e. The van der Waals surface area contributed by atoms with Crippen molar-refractivity contribution in [3.63, 3.8) is 0 Å². The second-order valence-electron chi connectivity index (χ2n) is 2.76. The van der Waals surface area contributed by atoms with Crippen molar-refractivity contribution in [3.8, 4) is 0 Å². The lowest BCUT2D eigenvalue weighted by Crippen LogP contribution is -2.15. The van der Waals surface area contributed by atoms with Gasteiger partial charge in [0.15, 0.2) is 0 Å². The summed E-state index contributed by atoms with van der Waals surface area (Å²) in [6, 6.07) is 0. The number of hydrogen-bond donors (Lipinski definition) is 1. The Labute approximate surface area is 73.2 Å². The Hall–Kier alpha value is -0.350. The summed E-state index contributed by atoms with van der Waals surface area (Å²) < 4.78 is 2.78. The molecule has 1 aromatic heterocycles. The van der Waals surface area contributed by atoms with Crippen molar-refractivity contribution in [1.82, 2.24) is 9.78 Å². The zero-order valence-corrected chi connectivity index (χ0v) is 7.58. The second-order valence-corrected chi connectivity index (χ2v) is 3.61. The minimum absolute atomic E-state index is 0.333. The van der Waals surface area contributed by atoms with Crippen LogP contribution in [0.1, 0.15) is 24.6 Å². The Morgan fingerprint density at radius 3 is 3.27 bits per heavy atom. The van der Waals surface area contributed by atoms with Gasteiger partial charge in [-0.25, -0.2) is 0 Å². The molecule has 1 aliphatic heterocycles. The first-order chi connectivity index (χ1) is 5.29. The van der Waals surface area contributed by atoms with Crippen LogP contribution in [0.25, 0.3) is 0 Å². The molecular weight excluding hydrogens is 208 g/mol. The summed E-state index contributed by atoms with van der Waals surface area (Å²) in [6.45, 7) is 0.929. The fourth-order valence-electron chi connectivity index (χ4n) is 1.45. The molecule has 60 valence electrons. The van der Waals surface area contributed by atoms with Crippen LogP contribution in [0.4, 0.5) is 0 Å². The molecule has 1 aliphatic rings. The average molecular weight is 217 g/mol. The molecule has 0 spiro atoms. The summed E-state index contributed by atoms with van der Waals surface area (Å²) in [5, 5.41) is 13.7. The largest absolute Gasteiger partial charge is 0.387 e. The van der Waals surface area contributed by atoms with Gasteiger partial charge in [0, 0.05) is 6.54 Å². The Bertz CT molecular complexity index is 271. The van der Waals surface area contributed by atoms with Crippen LogP contribution in [0.2, 0.25) is 0 Å². The van der Waals surface area contributed by atoms with Gasteiger partial charge in [0.1, 0.15) is 0 Å². The Balaban J connectivity index is 2.48. The first kappa shape index (κ1) is 7.31. The highest BCUT2D eigenvalue weighted by Crippen LogP contribution is 2.29. The van der Waals surface area contributed by atoms with Gasteiger partial charge in [0.05, 0.1) is 22.5 Å². The van der Waals surface area contributed by atoms with E-state index in [1.807, 2.05) is 4.68 Å². The molecule has 11 heavy (non-hydrogen) atoms. The van der Waals surface area contributed by atoms with Gasteiger partial charge >= 0.3 is 0 Å². The molecule has 0 fully saturated rings. The number of halogens is 1. The van der Waals surface area contributed by atoms with E-state index < -0.39 is 0 Å². The van der Waals surface area contributed by atoms with Crippen LogP contribution >= 0.6 is 15.9 Å². The Kier molecular flexibility index (Phi) is 1.73. The molecular formula is C7H9BrN2O. The minimum Gasteiger partial charge on any atom is -0.387 e. The molecule has 0 aromatic carbocycles. The molecule has 1 N–H and O–H groups in total. The van der Waals surface area contributed by atoms with Crippen LogP contribution in [0.15, 0.2) is 10.7 Å². The Morgan fingerprint density at radius 1 is 1.73 bits per heavy atom. The average Bonchev–Trinajstić information content (AvgIpc) is 2.34. The lowest BCUT2D eigenvalue weighted by atomic mass is 10.1. The van der Waals surface area contributed by atoms with E-state index in [0.29, 0.717) is 0 Å². The molecule has 2 heterocycles. The fraction of sp³-hybridized carbons (Fsp3) is 0.571. The van der Waals surface area contributed by atoms with Crippen molar-refractivity contribution in [2.75, 3.05) is 0 Å². The van der Waals surface area contributed by atoms with E-state index in [4.69, 9.17) is 0 Å². The molecule has 0 bridgehead atoms. The van der Waals surface area contributed by atoms with Crippen molar-refractivity contribution in [1.29, 1.82) is 0 Å². The monoisotopic (exact) mass is 216 g/mol. The molecule has 4 heteroatoms. The second kappa shape index (κ2) is 2.60. The summed E-state index contributed by atoms with van der Waals surface area (Å²) in [5.41, 5.74) is 0.927. The number of hydrogen-bond acceptors (Lipinski definition) is 2. The van der Waals surface area contributed by atoms with Crippen LogP contribution in [0.3, 0.4) is 0 Å². The van der Waals surface area contributed by atoms with Crippen LogP contribution in [0.5, 0.6) is 0 Å². The first-order valence-electron chi connectivity index (χ1n) is 3.68.